The van der Waals surface area contributed by atoms with Gasteiger partial charge in [-0.1, -0.05) is 24.3 Å². The first-order valence-electron chi connectivity index (χ1n) is 9.88. The molecular formula is C22H28N6. The summed E-state index contributed by atoms with van der Waals surface area (Å²) in [6.45, 7) is 6.81. The van der Waals surface area contributed by atoms with Gasteiger partial charge in [0.15, 0.2) is 5.82 Å². The maximum absolute atomic E-state index is 4.77. The first-order valence-corrected chi connectivity index (χ1v) is 9.88. The smallest absolute Gasteiger partial charge is 0.159 e. The summed E-state index contributed by atoms with van der Waals surface area (Å²) in [4.78, 5) is 13.9. The molecule has 28 heavy (non-hydrogen) atoms. The monoisotopic (exact) mass is 376 g/mol. The summed E-state index contributed by atoms with van der Waals surface area (Å²) in [5.41, 5.74) is 5.89. The van der Waals surface area contributed by atoms with E-state index in [0.29, 0.717) is 0 Å². The van der Waals surface area contributed by atoms with Crippen LogP contribution in [0.2, 0.25) is 0 Å². The Kier molecular flexibility index (Phi) is 5.50. The molecule has 146 valence electrons. The molecule has 0 saturated carbocycles. The molecule has 0 spiro atoms. The zero-order valence-electron chi connectivity index (χ0n) is 17.0. The van der Waals surface area contributed by atoms with Gasteiger partial charge in [0.1, 0.15) is 0 Å². The number of nitrogens with zero attached hydrogens (tertiary/aromatic N) is 6. The second-order valence-corrected chi connectivity index (χ2v) is 7.88. The summed E-state index contributed by atoms with van der Waals surface area (Å²) in [5, 5.41) is 4.77. The minimum atomic E-state index is 0.795. The molecule has 6 heteroatoms. The number of aromatic nitrogens is 4. The van der Waals surface area contributed by atoms with E-state index >= 15 is 0 Å². The summed E-state index contributed by atoms with van der Waals surface area (Å²) in [6.07, 6.45) is 5.04. The second-order valence-electron chi connectivity index (χ2n) is 7.88. The largest absolute Gasteiger partial charge is 0.304 e. The standard InChI is InChI=1S/C22H28N6/c1-17-7-4-5-8-21(17)22-23-12-18(13-24-22)14-27-9-6-10-28-20(16-27)11-19(25-28)15-26(2)3/h4-5,7-8,11-13H,6,9-10,14-16H2,1-3H3. The lowest BCUT2D eigenvalue weighted by molar-refractivity contribution is 0.260. The fraction of sp³-hybridized carbons (Fsp3) is 0.409. The molecule has 1 aliphatic heterocycles. The molecule has 0 bridgehead atoms. The van der Waals surface area contributed by atoms with Gasteiger partial charge in [-0.2, -0.15) is 5.10 Å². The third-order valence-electron chi connectivity index (χ3n) is 5.12. The molecule has 0 fully saturated rings. The Morgan fingerprint density at radius 1 is 1.07 bits per heavy atom. The van der Waals surface area contributed by atoms with E-state index in [1.165, 1.54) is 11.3 Å². The van der Waals surface area contributed by atoms with Gasteiger partial charge < -0.3 is 4.90 Å². The van der Waals surface area contributed by atoms with Gasteiger partial charge in [0.2, 0.25) is 0 Å². The fourth-order valence-electron chi connectivity index (χ4n) is 3.78. The van der Waals surface area contributed by atoms with Crippen LogP contribution in [-0.2, 0) is 26.2 Å². The molecule has 0 aliphatic carbocycles. The van der Waals surface area contributed by atoms with E-state index in [-0.39, 0.29) is 0 Å². The van der Waals surface area contributed by atoms with Crippen LogP contribution in [0.4, 0.5) is 0 Å². The van der Waals surface area contributed by atoms with Gasteiger partial charge in [-0.05, 0) is 39.1 Å². The molecule has 1 aliphatic rings. The van der Waals surface area contributed by atoms with Crippen LogP contribution in [-0.4, -0.2) is 50.2 Å². The highest BCUT2D eigenvalue weighted by Gasteiger charge is 2.17. The normalized spacial score (nSPS) is 14.9. The third-order valence-corrected chi connectivity index (χ3v) is 5.12. The number of hydrogen-bond donors (Lipinski definition) is 0. The van der Waals surface area contributed by atoms with Gasteiger partial charge in [0.25, 0.3) is 0 Å². The zero-order valence-corrected chi connectivity index (χ0v) is 17.0. The van der Waals surface area contributed by atoms with Crippen molar-refractivity contribution in [3.63, 3.8) is 0 Å². The maximum atomic E-state index is 4.77. The highest BCUT2D eigenvalue weighted by atomic mass is 15.3. The molecule has 2 aromatic heterocycles. The van der Waals surface area contributed by atoms with Gasteiger partial charge in [0, 0.05) is 56.2 Å². The Morgan fingerprint density at radius 3 is 2.61 bits per heavy atom. The highest BCUT2D eigenvalue weighted by molar-refractivity contribution is 5.59. The zero-order chi connectivity index (χ0) is 19.5. The van der Waals surface area contributed by atoms with E-state index in [1.54, 1.807) is 0 Å². The number of hydrogen-bond acceptors (Lipinski definition) is 5. The van der Waals surface area contributed by atoms with Crippen LogP contribution in [0.5, 0.6) is 0 Å². The van der Waals surface area contributed by atoms with Crippen LogP contribution in [0, 0.1) is 6.92 Å². The van der Waals surface area contributed by atoms with Crippen molar-refractivity contribution in [1.82, 2.24) is 29.5 Å². The first kappa shape index (κ1) is 18.8. The lowest BCUT2D eigenvalue weighted by Crippen LogP contribution is -2.23. The summed E-state index contributed by atoms with van der Waals surface area (Å²) in [7, 11) is 4.16. The molecule has 0 atom stereocenters. The Hall–Kier alpha value is -2.57. The number of fused-ring (bicyclic) bond motifs is 1. The summed E-state index contributed by atoms with van der Waals surface area (Å²) >= 11 is 0. The molecule has 6 nitrogen and oxygen atoms in total. The highest BCUT2D eigenvalue weighted by Crippen LogP contribution is 2.20. The van der Waals surface area contributed by atoms with Gasteiger partial charge in [-0.25, -0.2) is 9.97 Å². The van der Waals surface area contributed by atoms with Crippen molar-refractivity contribution in [2.75, 3.05) is 20.6 Å². The Bertz CT molecular complexity index is 928. The number of benzene rings is 1. The lowest BCUT2D eigenvalue weighted by atomic mass is 10.1. The van der Waals surface area contributed by atoms with E-state index in [0.717, 1.165) is 61.8 Å². The molecule has 0 saturated heterocycles. The predicted octanol–water partition coefficient (Wildman–Crippen LogP) is 3.12. The fourth-order valence-corrected chi connectivity index (χ4v) is 3.78. The molecule has 4 rings (SSSR count). The molecular weight excluding hydrogens is 348 g/mol. The summed E-state index contributed by atoms with van der Waals surface area (Å²) in [5.74, 6) is 0.795. The average Bonchev–Trinajstić information content (AvgIpc) is 2.93. The van der Waals surface area contributed by atoms with Crippen molar-refractivity contribution in [1.29, 1.82) is 0 Å². The maximum Gasteiger partial charge on any atom is 0.159 e. The third kappa shape index (κ3) is 4.29. The van der Waals surface area contributed by atoms with E-state index < -0.39 is 0 Å². The lowest BCUT2D eigenvalue weighted by Gasteiger charge is -2.19. The molecule has 0 N–H and O–H groups in total. The van der Waals surface area contributed by atoms with Gasteiger partial charge in [-0.3, -0.25) is 9.58 Å². The Labute approximate surface area is 166 Å². The van der Waals surface area contributed by atoms with Gasteiger partial charge >= 0.3 is 0 Å². The van der Waals surface area contributed by atoms with Crippen molar-refractivity contribution in [3.05, 3.63) is 65.2 Å². The second kappa shape index (κ2) is 8.20. The van der Waals surface area contributed by atoms with Crippen LogP contribution < -0.4 is 0 Å². The van der Waals surface area contributed by atoms with Crippen molar-refractivity contribution in [2.24, 2.45) is 0 Å². The molecule has 0 unspecified atom stereocenters. The molecule has 3 aromatic rings. The van der Waals surface area contributed by atoms with E-state index in [9.17, 15) is 0 Å². The Balaban J connectivity index is 1.45. The van der Waals surface area contributed by atoms with Gasteiger partial charge in [0.05, 0.1) is 11.4 Å². The van der Waals surface area contributed by atoms with Crippen molar-refractivity contribution < 1.29 is 0 Å². The number of aryl methyl sites for hydroxylation is 2. The topological polar surface area (TPSA) is 50.1 Å². The molecule has 1 aromatic carbocycles. The van der Waals surface area contributed by atoms with Crippen LogP contribution >= 0.6 is 0 Å². The van der Waals surface area contributed by atoms with Crippen molar-refractivity contribution in [2.45, 2.75) is 39.5 Å². The Morgan fingerprint density at radius 2 is 1.86 bits per heavy atom. The number of rotatable bonds is 5. The van der Waals surface area contributed by atoms with E-state index in [2.05, 4.69) is 63.7 Å². The first-order chi connectivity index (χ1) is 13.6. The van der Waals surface area contributed by atoms with Crippen molar-refractivity contribution >= 4 is 0 Å². The van der Waals surface area contributed by atoms with E-state index in [1.807, 2.05) is 24.5 Å². The van der Waals surface area contributed by atoms with Gasteiger partial charge in [-0.15, -0.1) is 0 Å². The van der Waals surface area contributed by atoms with Crippen LogP contribution in [0.1, 0.15) is 28.9 Å². The minimum Gasteiger partial charge on any atom is -0.304 e. The predicted molar refractivity (Wildman–Crippen MR) is 111 cm³/mol. The van der Waals surface area contributed by atoms with Crippen LogP contribution in [0.25, 0.3) is 11.4 Å². The van der Waals surface area contributed by atoms with Crippen LogP contribution in [0.3, 0.4) is 0 Å². The molecule has 0 radical (unpaired) electrons. The van der Waals surface area contributed by atoms with Crippen molar-refractivity contribution in [3.8, 4) is 11.4 Å². The van der Waals surface area contributed by atoms with Crippen LogP contribution in [0.15, 0.2) is 42.7 Å². The summed E-state index contributed by atoms with van der Waals surface area (Å²) in [6, 6.07) is 10.5. The van der Waals surface area contributed by atoms with E-state index in [4.69, 9.17) is 5.10 Å². The quantitative estimate of drug-likeness (QED) is 0.685. The SMILES string of the molecule is Cc1ccccc1-c1ncc(CN2CCCn3nc(CN(C)C)cc3C2)cn1. The minimum absolute atomic E-state index is 0.795. The average molecular weight is 377 g/mol. The summed E-state index contributed by atoms with van der Waals surface area (Å²) < 4.78 is 2.18. The molecule has 3 heterocycles. The molecule has 0 amide bonds.